The van der Waals surface area contributed by atoms with Gasteiger partial charge in [-0.15, -0.1) is 0 Å². The molecule has 5 heteroatoms. The second-order valence-electron chi connectivity index (χ2n) is 2.54. The minimum Gasteiger partial charge on any atom is -0.872 e. The fourth-order valence-electron chi connectivity index (χ4n) is 0.971. The van der Waals surface area contributed by atoms with Gasteiger partial charge in [0.2, 0.25) is 5.39 Å². The van der Waals surface area contributed by atoms with Crippen LogP contribution in [0.3, 0.4) is 0 Å². The molecule has 0 radical (unpaired) electrons. The van der Waals surface area contributed by atoms with Crippen molar-refractivity contribution in [3.8, 4) is 5.75 Å². The number of nitrogens with zero attached hydrogens (tertiary/aromatic N) is 2. The van der Waals surface area contributed by atoms with Gasteiger partial charge in [0, 0.05) is 12.1 Å². The summed E-state index contributed by atoms with van der Waals surface area (Å²) in [5, 5.41) is 28.2. The highest BCUT2D eigenvalue weighted by Crippen LogP contribution is 2.25. The molecular weight excluding hydrogens is 172 g/mol. The van der Waals surface area contributed by atoms with Crippen LogP contribution in [0.4, 0.5) is 5.69 Å². The maximum atomic E-state index is 11.2. The number of rotatable bonds is 1. The van der Waals surface area contributed by atoms with Gasteiger partial charge in [-0.3, -0.25) is 0 Å². The molecule has 0 spiro atoms. The summed E-state index contributed by atoms with van der Waals surface area (Å²) in [7, 11) is 0. The Balaban J connectivity index is 3.44. The molecule has 0 amide bonds. The van der Waals surface area contributed by atoms with Crippen molar-refractivity contribution in [2.45, 2.75) is 6.92 Å². The third-order valence-electron chi connectivity index (χ3n) is 1.61. The highest BCUT2D eigenvalue weighted by molar-refractivity contribution is 5.92. The molecule has 0 aromatic heterocycles. The monoisotopic (exact) mass is 178 g/mol. The van der Waals surface area contributed by atoms with Crippen LogP contribution in [0.1, 0.15) is 15.9 Å². The van der Waals surface area contributed by atoms with E-state index in [0.29, 0.717) is 0 Å². The Labute approximate surface area is 73.9 Å². The second kappa shape index (κ2) is 3.11. The Kier molecular flexibility index (Phi) is 2.15. The number of diazo groups is 1. The molecule has 5 nitrogen and oxygen atoms in total. The number of carbonyl (C=O) groups is 1. The van der Waals surface area contributed by atoms with Crippen molar-refractivity contribution in [1.29, 1.82) is 5.39 Å². The van der Waals surface area contributed by atoms with Gasteiger partial charge in [0.1, 0.15) is 0 Å². The zero-order chi connectivity index (χ0) is 10.0. The average molecular weight is 178 g/mol. The van der Waals surface area contributed by atoms with Gasteiger partial charge >= 0.3 is 11.7 Å². The summed E-state index contributed by atoms with van der Waals surface area (Å²) in [6.07, 6.45) is 0. The van der Waals surface area contributed by atoms with Crippen molar-refractivity contribution in [2.24, 2.45) is 0 Å². The van der Waals surface area contributed by atoms with Crippen LogP contribution in [-0.4, -0.2) is 11.1 Å². The van der Waals surface area contributed by atoms with Crippen LogP contribution in [0.15, 0.2) is 12.1 Å². The van der Waals surface area contributed by atoms with Crippen LogP contribution in [0.2, 0.25) is 0 Å². The molecule has 0 fully saturated rings. The predicted octanol–water partition coefficient (Wildman–Crippen LogP) is 1.25. The lowest BCUT2D eigenvalue weighted by molar-refractivity contribution is -0.269. The molecule has 1 aromatic carbocycles. The lowest BCUT2D eigenvalue weighted by Gasteiger charge is -2.11. The van der Waals surface area contributed by atoms with E-state index >= 15 is 0 Å². The lowest BCUT2D eigenvalue weighted by atomic mass is 10.1. The first-order valence-electron chi connectivity index (χ1n) is 3.46. The molecule has 1 N–H and O–H groups in total. The fraction of sp³-hybridized carbons (Fsp3) is 0.125. The molecular formula is C8H6N2O3. The number of aromatic carboxylic acids is 1. The second-order valence-corrected chi connectivity index (χ2v) is 2.54. The summed E-state index contributed by atoms with van der Waals surface area (Å²) in [5.74, 6) is -1.88. The minimum absolute atomic E-state index is 0.0644. The van der Waals surface area contributed by atoms with Crippen molar-refractivity contribution >= 4 is 11.7 Å². The van der Waals surface area contributed by atoms with Crippen molar-refractivity contribution < 1.29 is 15.0 Å². The molecule has 66 valence electrons. The summed E-state index contributed by atoms with van der Waals surface area (Å²) in [6.45, 7) is 1.46. The molecule has 0 bridgehead atoms. The number of carboxylic acid groups (broad SMARTS) is 1. The molecule has 1 aromatic rings. The smallest absolute Gasteiger partial charge is 0.386 e. The van der Waals surface area contributed by atoms with E-state index in [9.17, 15) is 9.90 Å². The zero-order valence-electron chi connectivity index (χ0n) is 6.81. The third kappa shape index (κ3) is 1.56. The molecule has 0 aliphatic carbocycles. The topological polar surface area (TPSA) is 88.5 Å². The first-order valence-corrected chi connectivity index (χ1v) is 3.46. The lowest BCUT2D eigenvalue weighted by Crippen LogP contribution is -2.05. The SMILES string of the molecule is Cc1cc([N+]#N)cc(C(=O)O)c1[O-]. The summed E-state index contributed by atoms with van der Waals surface area (Å²) >= 11 is 0. The summed E-state index contributed by atoms with van der Waals surface area (Å²) in [5.41, 5.74) is -0.0741. The van der Waals surface area contributed by atoms with Gasteiger partial charge in [-0.05, 0) is 6.92 Å². The van der Waals surface area contributed by atoms with E-state index in [1.54, 1.807) is 0 Å². The van der Waals surface area contributed by atoms with E-state index in [1.807, 2.05) is 0 Å². The molecule has 0 saturated carbocycles. The largest absolute Gasteiger partial charge is 0.872 e. The van der Waals surface area contributed by atoms with Crippen LogP contribution < -0.4 is 5.11 Å². The van der Waals surface area contributed by atoms with Gasteiger partial charge in [0.15, 0.2) is 4.98 Å². The Morgan fingerprint density at radius 1 is 1.62 bits per heavy atom. The molecule has 1 rings (SSSR count). The highest BCUT2D eigenvalue weighted by atomic mass is 16.4. The third-order valence-corrected chi connectivity index (χ3v) is 1.61. The first-order chi connectivity index (χ1) is 6.06. The maximum absolute atomic E-state index is 11.2. The van der Waals surface area contributed by atoms with Gasteiger partial charge < -0.3 is 10.2 Å². The number of aryl methyl sites for hydroxylation is 1. The number of hydrogen-bond acceptors (Lipinski definition) is 3. The van der Waals surface area contributed by atoms with E-state index in [0.717, 1.165) is 6.07 Å². The Morgan fingerprint density at radius 2 is 2.23 bits per heavy atom. The molecule has 0 aliphatic rings. The van der Waals surface area contributed by atoms with E-state index in [1.165, 1.54) is 13.0 Å². The number of carboxylic acids is 1. The quantitative estimate of drug-likeness (QED) is 0.655. The standard InChI is InChI=1S/C8H6N2O3/c1-4-2-5(10-9)3-6(7(4)11)8(12)13/h2-3H,1H3,(H-,11,12,13). The predicted molar refractivity (Wildman–Crippen MR) is 42.3 cm³/mol. The summed E-state index contributed by atoms with van der Waals surface area (Å²) in [4.78, 5) is 13.3. The molecule has 0 unspecified atom stereocenters. The van der Waals surface area contributed by atoms with Gasteiger partial charge in [0.05, 0.1) is 5.56 Å². The number of benzene rings is 1. The summed E-state index contributed by atoms with van der Waals surface area (Å²) < 4.78 is 0. The Hall–Kier alpha value is -2.09. The van der Waals surface area contributed by atoms with Crippen molar-refractivity contribution in [3.05, 3.63) is 28.2 Å². The molecule has 0 saturated heterocycles. The van der Waals surface area contributed by atoms with Crippen LogP contribution >= 0.6 is 0 Å². The van der Waals surface area contributed by atoms with Crippen LogP contribution in [0, 0.1) is 12.3 Å². The highest BCUT2D eigenvalue weighted by Gasteiger charge is 2.13. The Morgan fingerprint density at radius 3 is 2.69 bits per heavy atom. The molecule has 0 aliphatic heterocycles. The summed E-state index contributed by atoms with van der Waals surface area (Å²) in [6, 6.07) is 2.34. The van der Waals surface area contributed by atoms with Gasteiger partial charge in [0.25, 0.3) is 0 Å². The van der Waals surface area contributed by atoms with E-state index in [4.69, 9.17) is 10.5 Å². The molecule has 13 heavy (non-hydrogen) atoms. The maximum Gasteiger partial charge on any atom is 0.386 e. The van der Waals surface area contributed by atoms with Crippen LogP contribution in [0.25, 0.3) is 4.98 Å². The van der Waals surface area contributed by atoms with Gasteiger partial charge in [-0.2, -0.15) is 0 Å². The minimum atomic E-state index is -1.32. The first kappa shape index (κ1) is 9.00. The Bertz CT molecular complexity index is 407. The van der Waals surface area contributed by atoms with Crippen molar-refractivity contribution in [2.75, 3.05) is 0 Å². The van der Waals surface area contributed by atoms with E-state index in [-0.39, 0.29) is 16.8 Å². The van der Waals surface area contributed by atoms with Crippen LogP contribution in [0.5, 0.6) is 5.75 Å². The van der Waals surface area contributed by atoms with Crippen LogP contribution in [-0.2, 0) is 0 Å². The van der Waals surface area contributed by atoms with Crippen molar-refractivity contribution in [1.82, 2.24) is 0 Å². The van der Waals surface area contributed by atoms with Gasteiger partial charge in [-0.1, -0.05) is 11.3 Å². The zero-order valence-corrected chi connectivity index (χ0v) is 6.81. The van der Waals surface area contributed by atoms with E-state index < -0.39 is 11.7 Å². The molecule has 0 atom stereocenters. The fourth-order valence-corrected chi connectivity index (χ4v) is 0.971. The van der Waals surface area contributed by atoms with Gasteiger partial charge in [-0.25, -0.2) is 4.79 Å². The molecule has 0 heterocycles. The average Bonchev–Trinajstić information content (AvgIpc) is 2.09. The number of hydrogen-bond donors (Lipinski definition) is 1. The normalized spacial score (nSPS) is 9.23. The van der Waals surface area contributed by atoms with Crippen molar-refractivity contribution in [3.63, 3.8) is 0 Å². The van der Waals surface area contributed by atoms with E-state index in [2.05, 4.69) is 4.98 Å².